The lowest BCUT2D eigenvalue weighted by Gasteiger charge is -1.99. The maximum atomic E-state index is 2.28. The van der Waals surface area contributed by atoms with Crippen molar-refractivity contribution in [3.05, 3.63) is 53.6 Å². The average Bonchev–Trinajstić information content (AvgIpc) is 2.64. The number of aryl methyl sites for hydroxylation is 2. The van der Waals surface area contributed by atoms with E-state index in [1.54, 1.807) is 0 Å². The van der Waals surface area contributed by atoms with Gasteiger partial charge in [0.05, 0.1) is 0 Å². The lowest BCUT2D eigenvalue weighted by Crippen LogP contribution is -1.87. The molecule has 90 valence electrons. The molecule has 18 heavy (non-hydrogen) atoms. The lowest BCUT2D eigenvalue weighted by molar-refractivity contribution is 1.01. The Hall–Kier alpha value is -2.02. The third-order valence-corrected chi connectivity index (χ3v) is 3.55. The lowest BCUT2D eigenvalue weighted by atomic mass is 10.1. The van der Waals surface area contributed by atoms with Gasteiger partial charge in [0, 0.05) is 28.9 Å². The molecule has 1 nitrogen and oxygen atoms in total. The quantitative estimate of drug-likeness (QED) is 0.577. The van der Waals surface area contributed by atoms with Gasteiger partial charge in [0.15, 0.2) is 0 Å². The third kappa shape index (κ3) is 1.55. The molecule has 0 bridgehead atoms. The number of rotatable bonds is 1. The zero-order valence-corrected chi connectivity index (χ0v) is 11.1. The van der Waals surface area contributed by atoms with Gasteiger partial charge < -0.3 is 4.57 Å². The first-order chi connectivity index (χ1) is 8.70. The molecule has 0 aliphatic carbocycles. The fraction of sp³-hybridized carbons (Fsp3) is 0.176. The molecule has 0 atom stereocenters. The van der Waals surface area contributed by atoms with Crippen molar-refractivity contribution in [2.75, 3.05) is 0 Å². The second-order valence-electron chi connectivity index (χ2n) is 4.86. The summed E-state index contributed by atoms with van der Waals surface area (Å²) in [5.74, 6) is 0. The molecule has 2 aromatic carbocycles. The second-order valence-corrected chi connectivity index (χ2v) is 4.86. The number of allylic oxidation sites excluding steroid dienone is 1. The smallest absolute Gasteiger partial charge is 0.0494 e. The van der Waals surface area contributed by atoms with Crippen LogP contribution in [0.5, 0.6) is 0 Å². The molecule has 0 fully saturated rings. The first-order valence-electron chi connectivity index (χ1n) is 6.32. The molecule has 0 aliphatic rings. The summed E-state index contributed by atoms with van der Waals surface area (Å²) in [6.45, 7) is 4.19. The fourth-order valence-electron chi connectivity index (χ4n) is 2.63. The van der Waals surface area contributed by atoms with Gasteiger partial charge >= 0.3 is 0 Å². The highest BCUT2D eigenvalue weighted by molar-refractivity contribution is 6.08. The van der Waals surface area contributed by atoms with E-state index in [1.165, 1.54) is 32.9 Å². The zero-order valence-electron chi connectivity index (χ0n) is 11.1. The molecule has 3 rings (SSSR count). The van der Waals surface area contributed by atoms with Crippen molar-refractivity contribution in [3.8, 4) is 0 Å². The van der Waals surface area contributed by atoms with E-state index in [1.807, 2.05) is 0 Å². The SMILES string of the molecule is C/C=C/c1ccc2c3ccc(C)cc3n(C)c2c1. The Balaban J connectivity index is 2.43. The monoisotopic (exact) mass is 235 g/mol. The van der Waals surface area contributed by atoms with Crippen LogP contribution in [0.2, 0.25) is 0 Å². The summed E-state index contributed by atoms with van der Waals surface area (Å²) in [4.78, 5) is 0. The Bertz CT molecular complexity index is 760. The number of hydrogen-bond donors (Lipinski definition) is 0. The van der Waals surface area contributed by atoms with Gasteiger partial charge in [-0.1, -0.05) is 36.4 Å². The van der Waals surface area contributed by atoms with Crippen LogP contribution < -0.4 is 0 Å². The Morgan fingerprint density at radius 1 is 0.944 bits per heavy atom. The molecule has 1 aromatic heterocycles. The second kappa shape index (κ2) is 4.02. The van der Waals surface area contributed by atoms with Crippen LogP contribution in [0.25, 0.3) is 27.9 Å². The topological polar surface area (TPSA) is 4.93 Å². The van der Waals surface area contributed by atoms with Crippen molar-refractivity contribution in [1.82, 2.24) is 4.57 Å². The molecule has 0 amide bonds. The van der Waals surface area contributed by atoms with E-state index in [9.17, 15) is 0 Å². The van der Waals surface area contributed by atoms with Gasteiger partial charge in [-0.05, 0) is 37.1 Å². The van der Waals surface area contributed by atoms with E-state index in [4.69, 9.17) is 0 Å². The summed E-state index contributed by atoms with van der Waals surface area (Å²) in [6.07, 6.45) is 4.22. The molecule has 0 saturated heterocycles. The summed E-state index contributed by atoms with van der Waals surface area (Å²) in [5, 5.41) is 2.67. The number of aromatic nitrogens is 1. The van der Waals surface area contributed by atoms with Crippen LogP contribution in [0, 0.1) is 6.92 Å². The molecular formula is C17H17N. The maximum absolute atomic E-state index is 2.28. The van der Waals surface area contributed by atoms with Gasteiger partial charge in [0.25, 0.3) is 0 Å². The van der Waals surface area contributed by atoms with Crippen LogP contribution in [-0.2, 0) is 7.05 Å². The Labute approximate surface area is 107 Å². The van der Waals surface area contributed by atoms with Gasteiger partial charge in [-0.2, -0.15) is 0 Å². The van der Waals surface area contributed by atoms with E-state index in [0.29, 0.717) is 0 Å². The van der Waals surface area contributed by atoms with Crippen LogP contribution in [0.15, 0.2) is 42.5 Å². The van der Waals surface area contributed by atoms with E-state index in [0.717, 1.165) is 0 Å². The van der Waals surface area contributed by atoms with Crippen molar-refractivity contribution >= 4 is 27.9 Å². The number of nitrogens with zero attached hydrogens (tertiary/aromatic N) is 1. The molecular weight excluding hydrogens is 218 g/mol. The van der Waals surface area contributed by atoms with Crippen molar-refractivity contribution in [2.24, 2.45) is 7.05 Å². The fourth-order valence-corrected chi connectivity index (χ4v) is 2.63. The van der Waals surface area contributed by atoms with Gasteiger partial charge in [-0.3, -0.25) is 0 Å². The molecule has 0 unspecified atom stereocenters. The molecule has 1 heterocycles. The maximum Gasteiger partial charge on any atom is 0.0494 e. The van der Waals surface area contributed by atoms with E-state index < -0.39 is 0 Å². The third-order valence-electron chi connectivity index (χ3n) is 3.55. The zero-order chi connectivity index (χ0) is 12.7. The highest BCUT2D eigenvalue weighted by Crippen LogP contribution is 2.29. The van der Waals surface area contributed by atoms with E-state index in [2.05, 4.69) is 74.0 Å². The first-order valence-corrected chi connectivity index (χ1v) is 6.32. The predicted molar refractivity (Wildman–Crippen MR) is 79.9 cm³/mol. The molecule has 0 aliphatic heterocycles. The largest absolute Gasteiger partial charge is 0.344 e. The van der Waals surface area contributed by atoms with Crippen molar-refractivity contribution in [1.29, 1.82) is 0 Å². The predicted octanol–water partition coefficient (Wildman–Crippen LogP) is 4.67. The highest BCUT2D eigenvalue weighted by atomic mass is 14.9. The molecule has 0 spiro atoms. The molecule has 0 N–H and O–H groups in total. The average molecular weight is 235 g/mol. The summed E-state index contributed by atoms with van der Waals surface area (Å²) in [5.41, 5.74) is 5.17. The standard InChI is InChI=1S/C17H17N/c1-4-5-13-7-9-15-14-8-6-12(2)10-16(14)18(3)17(15)11-13/h4-11H,1-3H3/b5-4+. The van der Waals surface area contributed by atoms with Crippen LogP contribution in [0.3, 0.4) is 0 Å². The normalized spacial score (nSPS) is 11.9. The summed E-state index contributed by atoms with van der Waals surface area (Å²) in [7, 11) is 2.14. The number of hydrogen-bond acceptors (Lipinski definition) is 0. The van der Waals surface area contributed by atoms with Crippen LogP contribution in [-0.4, -0.2) is 4.57 Å². The van der Waals surface area contributed by atoms with Crippen molar-refractivity contribution < 1.29 is 0 Å². The van der Waals surface area contributed by atoms with Gasteiger partial charge in [0.1, 0.15) is 0 Å². The molecule has 0 radical (unpaired) electrons. The molecule has 0 saturated carbocycles. The van der Waals surface area contributed by atoms with E-state index in [-0.39, 0.29) is 0 Å². The summed E-state index contributed by atoms with van der Waals surface area (Å²) in [6, 6.07) is 13.3. The first kappa shape index (κ1) is 11.1. The minimum Gasteiger partial charge on any atom is -0.344 e. The Kier molecular flexibility index (Phi) is 2.48. The summed E-state index contributed by atoms with van der Waals surface area (Å²) >= 11 is 0. The highest BCUT2D eigenvalue weighted by Gasteiger charge is 2.07. The minimum absolute atomic E-state index is 1.26. The Morgan fingerprint density at radius 2 is 1.61 bits per heavy atom. The van der Waals surface area contributed by atoms with Gasteiger partial charge in [-0.25, -0.2) is 0 Å². The van der Waals surface area contributed by atoms with Crippen molar-refractivity contribution in [3.63, 3.8) is 0 Å². The minimum atomic E-state index is 1.26. The summed E-state index contributed by atoms with van der Waals surface area (Å²) < 4.78 is 2.28. The number of fused-ring (bicyclic) bond motifs is 3. The van der Waals surface area contributed by atoms with Gasteiger partial charge in [-0.15, -0.1) is 0 Å². The van der Waals surface area contributed by atoms with Crippen LogP contribution in [0.4, 0.5) is 0 Å². The van der Waals surface area contributed by atoms with Crippen molar-refractivity contribution in [2.45, 2.75) is 13.8 Å². The van der Waals surface area contributed by atoms with Crippen LogP contribution >= 0.6 is 0 Å². The van der Waals surface area contributed by atoms with Crippen LogP contribution in [0.1, 0.15) is 18.1 Å². The van der Waals surface area contributed by atoms with Gasteiger partial charge in [0.2, 0.25) is 0 Å². The Morgan fingerprint density at radius 3 is 2.33 bits per heavy atom. The van der Waals surface area contributed by atoms with E-state index >= 15 is 0 Å². The molecule has 1 heteroatoms. The molecule has 3 aromatic rings. The number of benzene rings is 2.